The average molecular weight is 332 g/mol. The van der Waals surface area contributed by atoms with E-state index >= 15 is 0 Å². The summed E-state index contributed by atoms with van der Waals surface area (Å²) in [6.45, 7) is 4.87. The van der Waals surface area contributed by atoms with Crippen molar-refractivity contribution < 1.29 is 9.53 Å². The van der Waals surface area contributed by atoms with Crippen LogP contribution in [0.2, 0.25) is 0 Å². The van der Waals surface area contributed by atoms with Crippen molar-refractivity contribution in [2.75, 3.05) is 47.4 Å². The third-order valence-corrected chi connectivity index (χ3v) is 4.27. The van der Waals surface area contributed by atoms with Gasteiger partial charge in [-0.2, -0.15) is 0 Å². The topological polar surface area (TPSA) is 57.2 Å². The fourth-order valence-electron chi connectivity index (χ4n) is 2.81. The highest BCUT2D eigenvalue weighted by Crippen LogP contribution is 2.28. The molecule has 0 saturated carbocycles. The fourth-order valence-corrected chi connectivity index (χ4v) is 2.81. The van der Waals surface area contributed by atoms with Crippen molar-refractivity contribution in [3.05, 3.63) is 29.8 Å². The molecule has 0 bridgehead atoms. The van der Waals surface area contributed by atoms with Gasteiger partial charge in [-0.1, -0.05) is 12.1 Å². The number of likely N-dealkylation sites (N-methyl/N-ethyl adjacent to an activating group) is 1. The summed E-state index contributed by atoms with van der Waals surface area (Å²) in [6.07, 6.45) is 1.08. The van der Waals surface area contributed by atoms with Gasteiger partial charge in [0.25, 0.3) is 0 Å². The van der Waals surface area contributed by atoms with Crippen molar-refractivity contribution in [1.29, 1.82) is 0 Å². The molecule has 1 saturated heterocycles. The van der Waals surface area contributed by atoms with Gasteiger partial charge in [0.05, 0.1) is 7.11 Å². The van der Waals surface area contributed by atoms with E-state index in [4.69, 9.17) is 4.74 Å². The monoisotopic (exact) mass is 332 g/mol. The first-order valence-electron chi connectivity index (χ1n) is 8.42. The van der Waals surface area contributed by atoms with Crippen LogP contribution in [0, 0.1) is 0 Å². The molecule has 1 unspecified atom stereocenters. The first-order valence-corrected chi connectivity index (χ1v) is 8.42. The fraction of sp³-hybridized carbons (Fsp3) is 0.556. The highest BCUT2D eigenvalue weighted by Gasteiger charge is 2.26. The maximum Gasteiger partial charge on any atom is 0.243 e. The van der Waals surface area contributed by atoms with Crippen LogP contribution in [-0.4, -0.2) is 69.1 Å². The largest absolute Gasteiger partial charge is 0.497 e. The second-order valence-electron chi connectivity index (χ2n) is 6.16. The molecular weight excluding hydrogens is 304 g/mol. The van der Waals surface area contributed by atoms with Gasteiger partial charge in [-0.15, -0.1) is 0 Å². The van der Waals surface area contributed by atoms with Gasteiger partial charge in [-0.25, -0.2) is 4.99 Å². The highest BCUT2D eigenvalue weighted by atomic mass is 16.5. The van der Waals surface area contributed by atoms with Crippen LogP contribution in [0.3, 0.4) is 0 Å². The molecule has 6 heteroatoms. The Bertz CT molecular complexity index is 569. The Morgan fingerprint density at radius 1 is 1.38 bits per heavy atom. The first kappa shape index (κ1) is 18.1. The van der Waals surface area contributed by atoms with Gasteiger partial charge in [0.15, 0.2) is 5.96 Å². The summed E-state index contributed by atoms with van der Waals surface area (Å²) in [5.74, 6) is 2.19. The third-order valence-electron chi connectivity index (χ3n) is 4.27. The van der Waals surface area contributed by atoms with E-state index in [2.05, 4.69) is 27.3 Å². The van der Waals surface area contributed by atoms with E-state index in [-0.39, 0.29) is 12.5 Å². The van der Waals surface area contributed by atoms with Crippen molar-refractivity contribution in [1.82, 2.24) is 15.1 Å². The van der Waals surface area contributed by atoms with E-state index in [1.54, 1.807) is 26.1 Å². The molecule has 0 aliphatic carbocycles. The van der Waals surface area contributed by atoms with Crippen LogP contribution in [0.15, 0.2) is 29.3 Å². The van der Waals surface area contributed by atoms with Crippen LogP contribution >= 0.6 is 0 Å². The van der Waals surface area contributed by atoms with Crippen LogP contribution in [-0.2, 0) is 4.79 Å². The van der Waals surface area contributed by atoms with Crippen LogP contribution in [0.1, 0.15) is 24.8 Å². The Labute approximate surface area is 144 Å². The molecule has 132 valence electrons. The minimum absolute atomic E-state index is 0.0105. The Hall–Kier alpha value is -2.24. The SMILES string of the molecule is CCNC(=NCC(=O)N(C)C)N1CCC(c2ccc(OC)cc2)C1. The number of methoxy groups -OCH3 is 1. The molecule has 6 nitrogen and oxygen atoms in total. The number of benzene rings is 1. The van der Waals surface area contributed by atoms with E-state index in [1.807, 2.05) is 19.1 Å². The number of carbonyl (C=O) groups is 1. The average Bonchev–Trinajstić information content (AvgIpc) is 3.08. The minimum atomic E-state index is 0.0105. The van der Waals surface area contributed by atoms with Crippen LogP contribution in [0.25, 0.3) is 0 Å². The molecule has 1 atom stereocenters. The predicted molar refractivity (Wildman–Crippen MR) is 96.6 cm³/mol. The molecule has 1 amide bonds. The van der Waals surface area contributed by atoms with Gasteiger partial charge < -0.3 is 19.9 Å². The van der Waals surface area contributed by atoms with E-state index in [0.717, 1.165) is 37.8 Å². The summed E-state index contributed by atoms with van der Waals surface area (Å²) in [7, 11) is 5.18. The van der Waals surface area contributed by atoms with E-state index in [1.165, 1.54) is 5.56 Å². The Balaban J connectivity index is 2.02. The number of rotatable bonds is 5. The third kappa shape index (κ3) is 4.63. The lowest BCUT2D eigenvalue weighted by molar-refractivity contribution is -0.127. The molecule has 1 aromatic rings. The maximum atomic E-state index is 11.8. The van der Waals surface area contributed by atoms with Crippen molar-refractivity contribution >= 4 is 11.9 Å². The predicted octanol–water partition coefficient (Wildman–Crippen LogP) is 1.54. The lowest BCUT2D eigenvalue weighted by Gasteiger charge is -2.22. The number of hydrogen-bond acceptors (Lipinski definition) is 3. The number of guanidine groups is 1. The number of carbonyl (C=O) groups excluding carboxylic acids is 1. The molecule has 1 fully saturated rings. The molecule has 0 spiro atoms. The summed E-state index contributed by atoms with van der Waals surface area (Å²) in [5, 5.41) is 3.29. The van der Waals surface area contributed by atoms with Crippen LogP contribution in [0.4, 0.5) is 0 Å². The lowest BCUT2D eigenvalue weighted by Crippen LogP contribution is -2.40. The molecule has 2 rings (SSSR count). The second kappa shape index (κ2) is 8.57. The number of ether oxygens (including phenoxy) is 1. The second-order valence-corrected chi connectivity index (χ2v) is 6.16. The number of hydrogen-bond donors (Lipinski definition) is 1. The zero-order valence-corrected chi connectivity index (χ0v) is 15.1. The Morgan fingerprint density at radius 2 is 2.08 bits per heavy atom. The first-order chi connectivity index (χ1) is 11.5. The summed E-state index contributed by atoms with van der Waals surface area (Å²) >= 11 is 0. The van der Waals surface area contributed by atoms with E-state index in [0.29, 0.717) is 5.92 Å². The zero-order valence-electron chi connectivity index (χ0n) is 15.1. The minimum Gasteiger partial charge on any atom is -0.497 e. The number of nitrogens with one attached hydrogen (secondary N) is 1. The Morgan fingerprint density at radius 3 is 2.67 bits per heavy atom. The van der Waals surface area contributed by atoms with Gasteiger partial charge in [0.1, 0.15) is 12.3 Å². The summed E-state index contributed by atoms with van der Waals surface area (Å²) in [4.78, 5) is 20.1. The van der Waals surface area contributed by atoms with E-state index < -0.39 is 0 Å². The van der Waals surface area contributed by atoms with Gasteiger partial charge >= 0.3 is 0 Å². The quantitative estimate of drug-likeness (QED) is 0.656. The highest BCUT2D eigenvalue weighted by molar-refractivity contribution is 5.85. The Kier molecular flexibility index (Phi) is 6.46. The summed E-state index contributed by atoms with van der Waals surface area (Å²) in [5.41, 5.74) is 1.32. The molecule has 1 aliphatic heterocycles. The number of likely N-dealkylation sites (tertiary alicyclic amines) is 1. The van der Waals surface area contributed by atoms with Gasteiger partial charge in [0.2, 0.25) is 5.91 Å². The molecular formula is C18H28N4O2. The number of aliphatic imine (C=N–C) groups is 1. The summed E-state index contributed by atoms with van der Waals surface area (Å²) < 4.78 is 5.22. The zero-order chi connectivity index (χ0) is 17.5. The molecule has 1 heterocycles. The van der Waals surface area contributed by atoms with E-state index in [9.17, 15) is 4.79 Å². The molecule has 1 aromatic carbocycles. The number of nitrogens with zero attached hydrogens (tertiary/aromatic N) is 3. The maximum absolute atomic E-state index is 11.8. The molecule has 1 aliphatic rings. The van der Waals surface area contributed by atoms with Crippen molar-refractivity contribution in [3.8, 4) is 5.75 Å². The normalized spacial score (nSPS) is 17.8. The molecule has 24 heavy (non-hydrogen) atoms. The van der Waals surface area contributed by atoms with Crippen molar-refractivity contribution in [2.45, 2.75) is 19.3 Å². The van der Waals surface area contributed by atoms with Gasteiger partial charge in [-0.05, 0) is 31.0 Å². The van der Waals surface area contributed by atoms with Gasteiger partial charge in [-0.3, -0.25) is 4.79 Å². The van der Waals surface area contributed by atoms with Crippen molar-refractivity contribution in [3.63, 3.8) is 0 Å². The van der Waals surface area contributed by atoms with Crippen LogP contribution in [0.5, 0.6) is 5.75 Å². The summed E-state index contributed by atoms with van der Waals surface area (Å²) in [6, 6.07) is 8.28. The number of amides is 1. The molecule has 0 radical (unpaired) electrons. The van der Waals surface area contributed by atoms with Crippen molar-refractivity contribution in [2.24, 2.45) is 4.99 Å². The molecule has 0 aromatic heterocycles. The standard InChI is InChI=1S/C18H28N4O2/c1-5-19-18(20-12-17(23)21(2)3)22-11-10-15(13-22)14-6-8-16(24-4)9-7-14/h6-9,15H,5,10-13H2,1-4H3,(H,19,20). The van der Waals surface area contributed by atoms with Gasteiger partial charge in [0, 0.05) is 39.6 Å². The lowest BCUT2D eigenvalue weighted by atomic mass is 9.98. The van der Waals surface area contributed by atoms with Crippen LogP contribution < -0.4 is 10.1 Å². The molecule has 1 N–H and O–H groups in total. The smallest absolute Gasteiger partial charge is 0.243 e.